The first-order chi connectivity index (χ1) is 9.11. The van der Waals surface area contributed by atoms with E-state index in [0.717, 1.165) is 35.0 Å². The smallest absolute Gasteiger partial charge is 0.122 e. The van der Waals surface area contributed by atoms with Gasteiger partial charge in [-0.05, 0) is 43.0 Å². The predicted octanol–water partition coefficient (Wildman–Crippen LogP) is 3.29. The Hall–Kier alpha value is -0.580. The Bertz CT molecular complexity index is 430. The maximum Gasteiger partial charge on any atom is 0.122 e. The quantitative estimate of drug-likeness (QED) is 0.902. The zero-order chi connectivity index (χ0) is 13.9. The van der Waals surface area contributed by atoms with E-state index in [1.807, 2.05) is 12.1 Å². The Morgan fingerprint density at radius 1 is 1.32 bits per heavy atom. The van der Waals surface area contributed by atoms with Gasteiger partial charge in [-0.1, -0.05) is 28.8 Å². The molecule has 0 heterocycles. The molecule has 19 heavy (non-hydrogen) atoms. The summed E-state index contributed by atoms with van der Waals surface area (Å²) < 4.78 is 12.2. The number of halogens is 1. The third-order valence-corrected chi connectivity index (χ3v) is 4.71. The molecule has 0 radical (unpaired) electrons. The number of hydrogen-bond acceptors (Lipinski definition) is 3. The van der Waals surface area contributed by atoms with Gasteiger partial charge in [-0.25, -0.2) is 0 Å². The highest BCUT2D eigenvalue weighted by Gasteiger charge is 2.39. The van der Waals surface area contributed by atoms with Crippen molar-refractivity contribution >= 4 is 15.9 Å². The average Bonchev–Trinajstić information content (AvgIpc) is 2.89. The summed E-state index contributed by atoms with van der Waals surface area (Å²) in [5.41, 5.74) is 7.41. The Labute approximate surface area is 123 Å². The summed E-state index contributed by atoms with van der Waals surface area (Å²) in [5.74, 6) is 0.892. The molecule has 1 fully saturated rings. The van der Waals surface area contributed by atoms with Gasteiger partial charge in [-0.15, -0.1) is 0 Å². The number of nitrogens with two attached hydrogens (primary N) is 1. The van der Waals surface area contributed by atoms with Crippen molar-refractivity contribution in [2.24, 2.45) is 5.73 Å². The molecule has 1 aliphatic rings. The molecule has 106 valence electrons. The van der Waals surface area contributed by atoms with E-state index in [9.17, 15) is 0 Å². The molecule has 2 rings (SSSR count). The molecule has 0 aliphatic heterocycles. The lowest BCUT2D eigenvalue weighted by molar-refractivity contribution is -0.0254. The molecule has 0 amide bonds. The third kappa shape index (κ3) is 3.12. The molecule has 1 atom stereocenters. The van der Waals surface area contributed by atoms with Crippen molar-refractivity contribution in [3.05, 3.63) is 28.2 Å². The topological polar surface area (TPSA) is 44.5 Å². The molecule has 2 N–H and O–H groups in total. The number of methoxy groups -OCH3 is 2. The van der Waals surface area contributed by atoms with Gasteiger partial charge in [-0.2, -0.15) is 0 Å². The van der Waals surface area contributed by atoms with Crippen LogP contribution in [0.3, 0.4) is 0 Å². The predicted molar refractivity (Wildman–Crippen MR) is 80.6 cm³/mol. The molecule has 0 spiro atoms. The largest absolute Gasteiger partial charge is 0.496 e. The van der Waals surface area contributed by atoms with E-state index in [0.29, 0.717) is 0 Å². The molecule has 0 aromatic heterocycles. The van der Waals surface area contributed by atoms with Gasteiger partial charge in [0.1, 0.15) is 5.75 Å². The molecule has 0 saturated heterocycles. The monoisotopic (exact) mass is 327 g/mol. The molecule has 1 unspecified atom stereocenters. The normalized spacial score (nSPS) is 19.4. The van der Waals surface area contributed by atoms with Gasteiger partial charge in [0.05, 0.1) is 12.7 Å². The Morgan fingerprint density at radius 3 is 2.58 bits per heavy atom. The number of rotatable bonds is 5. The Kier molecular flexibility index (Phi) is 4.87. The summed E-state index contributed by atoms with van der Waals surface area (Å²) in [5, 5.41) is 0. The summed E-state index contributed by atoms with van der Waals surface area (Å²) in [6.45, 7) is 0. The van der Waals surface area contributed by atoms with Crippen molar-refractivity contribution in [3.63, 3.8) is 0 Å². The fourth-order valence-electron chi connectivity index (χ4n) is 3.03. The molecule has 3 nitrogen and oxygen atoms in total. The van der Waals surface area contributed by atoms with E-state index in [4.69, 9.17) is 15.2 Å². The van der Waals surface area contributed by atoms with E-state index in [1.165, 1.54) is 12.8 Å². The minimum Gasteiger partial charge on any atom is -0.496 e. The average molecular weight is 328 g/mol. The minimum absolute atomic E-state index is 0.00296. The second-order valence-electron chi connectivity index (χ2n) is 5.24. The highest BCUT2D eigenvalue weighted by atomic mass is 79.9. The molecule has 1 aliphatic carbocycles. The van der Waals surface area contributed by atoms with Gasteiger partial charge in [-0.3, -0.25) is 0 Å². The zero-order valence-corrected chi connectivity index (χ0v) is 13.2. The second kappa shape index (κ2) is 6.25. The van der Waals surface area contributed by atoms with Crippen LogP contribution >= 0.6 is 15.9 Å². The van der Waals surface area contributed by atoms with Crippen molar-refractivity contribution < 1.29 is 9.47 Å². The van der Waals surface area contributed by atoms with Crippen molar-refractivity contribution in [1.29, 1.82) is 0 Å². The lowest BCUT2D eigenvalue weighted by atomic mass is 9.88. The van der Waals surface area contributed by atoms with Crippen LogP contribution in [0.1, 0.15) is 31.2 Å². The highest BCUT2D eigenvalue weighted by molar-refractivity contribution is 9.10. The maximum absolute atomic E-state index is 6.43. The van der Waals surface area contributed by atoms with Gasteiger partial charge in [0.25, 0.3) is 0 Å². The molecule has 1 saturated carbocycles. The SMILES string of the molecule is COc1ccc(Br)cc1CC(N)C1(OC)CCCC1. The molecular weight excluding hydrogens is 306 g/mol. The first kappa shape index (κ1) is 14.8. The fourth-order valence-corrected chi connectivity index (χ4v) is 3.44. The van der Waals surface area contributed by atoms with Gasteiger partial charge < -0.3 is 15.2 Å². The van der Waals surface area contributed by atoms with E-state index in [1.54, 1.807) is 14.2 Å². The maximum atomic E-state index is 6.43. The minimum atomic E-state index is -0.159. The molecule has 4 heteroatoms. The fraction of sp³-hybridized carbons (Fsp3) is 0.600. The van der Waals surface area contributed by atoms with Crippen LogP contribution < -0.4 is 10.5 Å². The first-order valence-corrected chi connectivity index (χ1v) is 7.54. The summed E-state index contributed by atoms with van der Waals surface area (Å²) in [6, 6.07) is 6.04. The molecular formula is C15H22BrNO2. The number of hydrogen-bond donors (Lipinski definition) is 1. The van der Waals surface area contributed by atoms with Crippen LogP contribution in [0, 0.1) is 0 Å². The lowest BCUT2D eigenvalue weighted by Gasteiger charge is -2.34. The summed E-state index contributed by atoms with van der Waals surface area (Å²) in [4.78, 5) is 0. The summed E-state index contributed by atoms with van der Waals surface area (Å²) >= 11 is 3.50. The van der Waals surface area contributed by atoms with Crippen molar-refractivity contribution in [1.82, 2.24) is 0 Å². The third-order valence-electron chi connectivity index (χ3n) is 4.21. The number of ether oxygens (including phenoxy) is 2. The van der Waals surface area contributed by atoms with Gasteiger partial charge in [0, 0.05) is 17.6 Å². The van der Waals surface area contributed by atoms with Crippen molar-refractivity contribution in [3.8, 4) is 5.75 Å². The van der Waals surface area contributed by atoms with E-state index in [-0.39, 0.29) is 11.6 Å². The molecule has 1 aromatic rings. The zero-order valence-electron chi connectivity index (χ0n) is 11.6. The molecule has 0 bridgehead atoms. The Morgan fingerprint density at radius 2 is 2.00 bits per heavy atom. The van der Waals surface area contributed by atoms with Gasteiger partial charge in [0.2, 0.25) is 0 Å². The van der Waals surface area contributed by atoms with Crippen LogP contribution in [0.2, 0.25) is 0 Å². The Balaban J connectivity index is 2.18. The van der Waals surface area contributed by atoms with Crippen molar-refractivity contribution in [2.45, 2.75) is 43.7 Å². The van der Waals surface area contributed by atoms with Crippen molar-refractivity contribution in [2.75, 3.05) is 14.2 Å². The van der Waals surface area contributed by atoms with E-state index >= 15 is 0 Å². The summed E-state index contributed by atoms with van der Waals surface area (Å²) in [6.07, 6.45) is 5.30. The van der Waals surface area contributed by atoms with Crippen LogP contribution in [-0.2, 0) is 11.2 Å². The van der Waals surface area contributed by atoms with Gasteiger partial charge >= 0.3 is 0 Å². The summed E-state index contributed by atoms with van der Waals surface area (Å²) in [7, 11) is 3.48. The highest BCUT2D eigenvalue weighted by Crippen LogP contribution is 2.37. The lowest BCUT2D eigenvalue weighted by Crippen LogP contribution is -2.48. The first-order valence-electron chi connectivity index (χ1n) is 6.74. The van der Waals surface area contributed by atoms with E-state index in [2.05, 4.69) is 22.0 Å². The van der Waals surface area contributed by atoms with Crippen LogP contribution in [-0.4, -0.2) is 25.9 Å². The van der Waals surface area contributed by atoms with Crippen LogP contribution in [0.25, 0.3) is 0 Å². The molecule has 1 aromatic carbocycles. The van der Waals surface area contributed by atoms with Crippen LogP contribution in [0.4, 0.5) is 0 Å². The standard InChI is InChI=1S/C15H22BrNO2/c1-18-13-6-5-12(16)9-11(13)10-14(17)15(19-2)7-3-4-8-15/h5-6,9,14H,3-4,7-8,10,17H2,1-2H3. The van der Waals surface area contributed by atoms with E-state index < -0.39 is 0 Å². The second-order valence-corrected chi connectivity index (χ2v) is 6.16. The van der Waals surface area contributed by atoms with Crippen LogP contribution in [0.15, 0.2) is 22.7 Å². The van der Waals surface area contributed by atoms with Gasteiger partial charge in [0.15, 0.2) is 0 Å². The van der Waals surface area contributed by atoms with Crippen LogP contribution in [0.5, 0.6) is 5.75 Å². The number of benzene rings is 1.